The molecule has 2 aromatic carbocycles. The molecule has 0 radical (unpaired) electrons. The quantitative estimate of drug-likeness (QED) is 0.685. The molecule has 5 nitrogen and oxygen atoms in total. The van der Waals surface area contributed by atoms with Crippen LogP contribution in [0.25, 0.3) is 10.2 Å². The fourth-order valence-corrected chi connectivity index (χ4v) is 3.41. The number of benzene rings is 2. The van der Waals surface area contributed by atoms with Crippen molar-refractivity contribution in [1.29, 1.82) is 0 Å². The molecule has 6 heteroatoms. The van der Waals surface area contributed by atoms with Gasteiger partial charge in [-0.3, -0.25) is 9.59 Å². The Bertz CT molecular complexity index is 941. The second-order valence-corrected chi connectivity index (χ2v) is 6.92. The van der Waals surface area contributed by atoms with E-state index < -0.39 is 0 Å². The van der Waals surface area contributed by atoms with Crippen LogP contribution in [0.1, 0.15) is 18.4 Å². The zero-order valence-electron chi connectivity index (χ0n) is 14.2. The average Bonchev–Trinajstić information content (AvgIpc) is 2.87. The number of hydrogen-bond donors (Lipinski definition) is 1. The normalized spacial score (nSPS) is 10.8. The molecule has 0 atom stereocenters. The van der Waals surface area contributed by atoms with Gasteiger partial charge < -0.3 is 14.6 Å². The highest BCUT2D eigenvalue weighted by atomic mass is 32.1. The van der Waals surface area contributed by atoms with E-state index in [-0.39, 0.29) is 10.8 Å². The van der Waals surface area contributed by atoms with Gasteiger partial charge in [-0.15, -0.1) is 0 Å². The van der Waals surface area contributed by atoms with Crippen LogP contribution in [-0.4, -0.2) is 17.1 Å². The number of nitrogens with one attached hydrogen (secondary N) is 1. The molecule has 1 aromatic heterocycles. The number of nitrogens with zero attached hydrogens (tertiary/aromatic N) is 1. The van der Waals surface area contributed by atoms with Crippen LogP contribution in [-0.2, 0) is 11.8 Å². The molecule has 3 rings (SSSR count). The van der Waals surface area contributed by atoms with Crippen molar-refractivity contribution < 1.29 is 9.53 Å². The smallest absolute Gasteiger partial charge is 0.307 e. The van der Waals surface area contributed by atoms with E-state index in [9.17, 15) is 9.59 Å². The molecule has 3 aromatic rings. The third kappa shape index (κ3) is 4.28. The van der Waals surface area contributed by atoms with Crippen molar-refractivity contribution >= 4 is 33.1 Å². The highest BCUT2D eigenvalue weighted by molar-refractivity contribution is 7.16. The highest BCUT2D eigenvalue weighted by Gasteiger charge is 2.07. The standard InChI is InChI=1S/C19H20N2O3S/c1-13-5-8-15(9-6-13)24-11-3-4-18(22)20-14-7-10-16-17(12-14)25-19(23)21(16)2/h5-10,12H,3-4,11H2,1-2H3,(H,20,22). The zero-order chi connectivity index (χ0) is 17.8. The molecule has 0 bridgehead atoms. The first-order valence-electron chi connectivity index (χ1n) is 8.12. The predicted octanol–water partition coefficient (Wildman–Crippen LogP) is 3.71. The lowest BCUT2D eigenvalue weighted by molar-refractivity contribution is -0.116. The largest absolute Gasteiger partial charge is 0.494 e. The van der Waals surface area contributed by atoms with E-state index in [1.807, 2.05) is 49.4 Å². The number of carbonyl (C=O) groups excluding carboxylic acids is 1. The number of hydrogen-bond acceptors (Lipinski definition) is 4. The molecular formula is C19H20N2O3S. The Morgan fingerprint density at radius 2 is 1.96 bits per heavy atom. The number of rotatable bonds is 6. The van der Waals surface area contributed by atoms with Gasteiger partial charge in [-0.25, -0.2) is 0 Å². The topological polar surface area (TPSA) is 60.3 Å². The minimum Gasteiger partial charge on any atom is -0.494 e. The van der Waals surface area contributed by atoms with Crippen molar-refractivity contribution in [3.05, 3.63) is 57.7 Å². The van der Waals surface area contributed by atoms with E-state index in [4.69, 9.17) is 4.74 Å². The van der Waals surface area contributed by atoms with E-state index in [0.717, 1.165) is 16.0 Å². The van der Waals surface area contributed by atoms with Crippen LogP contribution in [0, 0.1) is 6.92 Å². The van der Waals surface area contributed by atoms with Gasteiger partial charge in [-0.1, -0.05) is 29.0 Å². The SMILES string of the molecule is Cc1ccc(OCCCC(=O)Nc2ccc3c(c2)sc(=O)n3C)cc1. The van der Waals surface area contributed by atoms with E-state index in [1.54, 1.807) is 11.6 Å². The fourth-order valence-electron chi connectivity index (χ4n) is 2.49. The van der Waals surface area contributed by atoms with Gasteiger partial charge in [0.25, 0.3) is 0 Å². The fraction of sp³-hybridized carbons (Fsp3) is 0.263. The van der Waals surface area contributed by atoms with Crippen LogP contribution in [0.2, 0.25) is 0 Å². The lowest BCUT2D eigenvalue weighted by Crippen LogP contribution is -2.12. The van der Waals surface area contributed by atoms with Gasteiger partial charge in [0.2, 0.25) is 5.91 Å². The minimum atomic E-state index is -0.0601. The molecule has 1 heterocycles. The molecule has 0 aliphatic rings. The summed E-state index contributed by atoms with van der Waals surface area (Å²) in [5.74, 6) is 0.755. The summed E-state index contributed by atoms with van der Waals surface area (Å²) in [6.45, 7) is 2.52. The number of amides is 1. The third-order valence-corrected chi connectivity index (χ3v) is 4.91. The van der Waals surface area contributed by atoms with Crippen molar-refractivity contribution in [2.45, 2.75) is 19.8 Å². The van der Waals surface area contributed by atoms with Gasteiger partial charge in [-0.2, -0.15) is 0 Å². The van der Waals surface area contributed by atoms with Crippen LogP contribution in [0.15, 0.2) is 47.3 Å². The highest BCUT2D eigenvalue weighted by Crippen LogP contribution is 2.21. The Hall–Kier alpha value is -2.60. The van der Waals surface area contributed by atoms with E-state index in [2.05, 4.69) is 5.32 Å². The molecule has 0 fully saturated rings. The maximum absolute atomic E-state index is 12.0. The number of anilines is 1. The van der Waals surface area contributed by atoms with Crippen molar-refractivity contribution in [2.75, 3.05) is 11.9 Å². The summed E-state index contributed by atoms with van der Waals surface area (Å²) in [5, 5.41) is 2.87. The van der Waals surface area contributed by atoms with Gasteiger partial charge >= 0.3 is 4.87 Å². The Kier molecular flexibility index (Phi) is 5.19. The van der Waals surface area contributed by atoms with Crippen molar-refractivity contribution in [2.24, 2.45) is 7.05 Å². The first-order valence-corrected chi connectivity index (χ1v) is 8.93. The Morgan fingerprint density at radius 1 is 1.20 bits per heavy atom. The number of ether oxygens (including phenoxy) is 1. The molecular weight excluding hydrogens is 336 g/mol. The van der Waals surface area contributed by atoms with Gasteiger partial charge in [0.15, 0.2) is 0 Å². The van der Waals surface area contributed by atoms with Crippen molar-refractivity contribution in [3.63, 3.8) is 0 Å². The summed E-state index contributed by atoms with van der Waals surface area (Å²) < 4.78 is 8.09. The summed E-state index contributed by atoms with van der Waals surface area (Å²) in [6, 6.07) is 13.3. The zero-order valence-corrected chi connectivity index (χ0v) is 15.1. The molecule has 0 spiro atoms. The monoisotopic (exact) mass is 356 g/mol. The summed E-state index contributed by atoms with van der Waals surface area (Å²) in [6.07, 6.45) is 1.02. The molecule has 1 amide bonds. The molecule has 130 valence electrons. The second-order valence-electron chi connectivity index (χ2n) is 5.92. The lowest BCUT2D eigenvalue weighted by atomic mass is 10.2. The first-order chi connectivity index (χ1) is 12.0. The molecule has 0 saturated carbocycles. The number of thiazole rings is 1. The summed E-state index contributed by atoms with van der Waals surface area (Å²) in [4.78, 5) is 23.7. The summed E-state index contributed by atoms with van der Waals surface area (Å²) >= 11 is 1.18. The Balaban J connectivity index is 1.49. The van der Waals surface area contributed by atoms with Crippen LogP contribution in [0.4, 0.5) is 5.69 Å². The van der Waals surface area contributed by atoms with Gasteiger partial charge in [0.1, 0.15) is 5.75 Å². The van der Waals surface area contributed by atoms with E-state index in [0.29, 0.717) is 25.1 Å². The second kappa shape index (κ2) is 7.53. The van der Waals surface area contributed by atoms with Gasteiger partial charge in [-0.05, 0) is 43.7 Å². The molecule has 0 saturated heterocycles. The molecule has 0 aliphatic carbocycles. The third-order valence-electron chi connectivity index (χ3n) is 3.91. The number of aromatic nitrogens is 1. The van der Waals surface area contributed by atoms with Crippen molar-refractivity contribution in [3.8, 4) is 5.75 Å². The average molecular weight is 356 g/mol. The maximum atomic E-state index is 12.0. The molecule has 0 aliphatic heterocycles. The minimum absolute atomic E-state index is 0.00766. The van der Waals surface area contributed by atoms with E-state index in [1.165, 1.54) is 16.9 Å². The lowest BCUT2D eigenvalue weighted by Gasteiger charge is -2.07. The number of aryl methyl sites for hydroxylation is 2. The predicted molar refractivity (Wildman–Crippen MR) is 102 cm³/mol. The number of carbonyl (C=O) groups is 1. The Morgan fingerprint density at radius 3 is 2.72 bits per heavy atom. The van der Waals surface area contributed by atoms with Crippen LogP contribution >= 0.6 is 11.3 Å². The first kappa shape index (κ1) is 17.2. The van der Waals surface area contributed by atoms with Gasteiger partial charge in [0.05, 0.1) is 16.8 Å². The van der Waals surface area contributed by atoms with Crippen LogP contribution in [0.3, 0.4) is 0 Å². The molecule has 0 unspecified atom stereocenters. The van der Waals surface area contributed by atoms with Crippen LogP contribution < -0.4 is 14.9 Å². The maximum Gasteiger partial charge on any atom is 0.307 e. The van der Waals surface area contributed by atoms with Crippen molar-refractivity contribution in [1.82, 2.24) is 4.57 Å². The molecule has 1 N–H and O–H groups in total. The van der Waals surface area contributed by atoms with Gasteiger partial charge in [0, 0.05) is 19.2 Å². The summed E-state index contributed by atoms with van der Waals surface area (Å²) in [7, 11) is 1.74. The Labute approximate surface area is 149 Å². The molecule has 25 heavy (non-hydrogen) atoms. The number of fused-ring (bicyclic) bond motifs is 1. The summed E-state index contributed by atoms with van der Waals surface area (Å²) in [5.41, 5.74) is 2.77. The van der Waals surface area contributed by atoms with E-state index >= 15 is 0 Å². The van der Waals surface area contributed by atoms with Crippen LogP contribution in [0.5, 0.6) is 5.75 Å².